The van der Waals surface area contributed by atoms with E-state index in [2.05, 4.69) is 16.7 Å². The Morgan fingerprint density at radius 3 is 2.40 bits per heavy atom. The van der Waals surface area contributed by atoms with Crippen LogP contribution in [0.15, 0.2) is 17.2 Å². The summed E-state index contributed by atoms with van der Waals surface area (Å²) in [5, 5.41) is 4.31. The van der Waals surface area contributed by atoms with E-state index in [4.69, 9.17) is 10.3 Å². The van der Waals surface area contributed by atoms with Crippen LogP contribution in [0, 0.1) is 17.8 Å². The standard InChI is InChI=1S/C16H23N3O/c1-2-3-13(17)14-18-15(19-20-14)16-7-10-4-11(8-16)6-12(5-10)9-16/h2,10-13H,1,3-9,17H2. The second-order valence-corrected chi connectivity index (χ2v) is 7.28. The molecule has 4 aliphatic carbocycles. The molecule has 0 spiro atoms. The van der Waals surface area contributed by atoms with Gasteiger partial charge < -0.3 is 10.3 Å². The molecule has 0 aliphatic heterocycles. The molecule has 1 heterocycles. The van der Waals surface area contributed by atoms with Gasteiger partial charge in [0.2, 0.25) is 5.89 Å². The monoisotopic (exact) mass is 273 g/mol. The molecule has 4 saturated carbocycles. The van der Waals surface area contributed by atoms with E-state index < -0.39 is 0 Å². The van der Waals surface area contributed by atoms with Gasteiger partial charge in [-0.05, 0) is 62.7 Å². The summed E-state index contributed by atoms with van der Waals surface area (Å²) in [6.07, 6.45) is 10.6. The molecular weight excluding hydrogens is 250 g/mol. The molecule has 108 valence electrons. The van der Waals surface area contributed by atoms with Gasteiger partial charge >= 0.3 is 0 Å². The Hall–Kier alpha value is -1.16. The lowest BCUT2D eigenvalue weighted by atomic mass is 9.49. The van der Waals surface area contributed by atoms with Crippen LogP contribution in [0.25, 0.3) is 0 Å². The summed E-state index contributed by atoms with van der Waals surface area (Å²) in [5.74, 6) is 4.20. The lowest BCUT2D eigenvalue weighted by molar-refractivity contribution is -0.0103. The van der Waals surface area contributed by atoms with Gasteiger partial charge in [0.1, 0.15) is 0 Å². The third-order valence-electron chi connectivity index (χ3n) is 5.69. The maximum absolute atomic E-state index is 6.04. The predicted molar refractivity (Wildman–Crippen MR) is 75.9 cm³/mol. The highest BCUT2D eigenvalue weighted by atomic mass is 16.5. The van der Waals surface area contributed by atoms with Crippen molar-refractivity contribution in [1.29, 1.82) is 0 Å². The first kappa shape index (κ1) is 12.6. The van der Waals surface area contributed by atoms with Crippen molar-refractivity contribution in [2.45, 2.75) is 56.4 Å². The minimum Gasteiger partial charge on any atom is -0.338 e. The fourth-order valence-electron chi connectivity index (χ4n) is 5.27. The zero-order valence-electron chi connectivity index (χ0n) is 11.9. The molecule has 1 atom stereocenters. The maximum Gasteiger partial charge on any atom is 0.243 e. The molecule has 2 N–H and O–H groups in total. The number of rotatable bonds is 4. The molecule has 1 unspecified atom stereocenters. The van der Waals surface area contributed by atoms with Gasteiger partial charge in [-0.2, -0.15) is 4.98 Å². The maximum atomic E-state index is 6.04. The SMILES string of the molecule is C=CCC(N)c1nc(C23CC4CC(CC(C4)C2)C3)no1. The molecule has 4 nitrogen and oxygen atoms in total. The van der Waals surface area contributed by atoms with Crippen molar-refractivity contribution in [1.82, 2.24) is 10.1 Å². The summed E-state index contributed by atoms with van der Waals surface area (Å²) in [4.78, 5) is 4.67. The van der Waals surface area contributed by atoms with Crippen molar-refractivity contribution in [3.8, 4) is 0 Å². The molecule has 0 saturated heterocycles. The summed E-state index contributed by atoms with van der Waals surface area (Å²) in [6, 6.07) is -0.206. The minimum absolute atomic E-state index is 0.199. The number of aromatic nitrogens is 2. The van der Waals surface area contributed by atoms with E-state index in [1.807, 2.05) is 0 Å². The fraction of sp³-hybridized carbons (Fsp3) is 0.750. The van der Waals surface area contributed by atoms with E-state index in [9.17, 15) is 0 Å². The lowest BCUT2D eigenvalue weighted by Gasteiger charge is -2.55. The first-order valence-corrected chi connectivity index (χ1v) is 7.89. The fourth-order valence-corrected chi connectivity index (χ4v) is 5.27. The van der Waals surface area contributed by atoms with Gasteiger partial charge in [-0.15, -0.1) is 6.58 Å². The third-order valence-corrected chi connectivity index (χ3v) is 5.69. The number of nitrogens with two attached hydrogens (primary N) is 1. The van der Waals surface area contributed by atoms with Crippen LogP contribution >= 0.6 is 0 Å². The van der Waals surface area contributed by atoms with Gasteiger partial charge in [0, 0.05) is 5.41 Å². The molecule has 4 heteroatoms. The van der Waals surface area contributed by atoms with E-state index in [0.29, 0.717) is 12.3 Å². The van der Waals surface area contributed by atoms with E-state index in [1.54, 1.807) is 6.08 Å². The summed E-state index contributed by atoms with van der Waals surface area (Å²) in [5.41, 5.74) is 6.24. The van der Waals surface area contributed by atoms with Gasteiger partial charge in [-0.25, -0.2) is 0 Å². The van der Waals surface area contributed by atoms with E-state index in [1.165, 1.54) is 38.5 Å². The molecule has 0 aromatic carbocycles. The molecular formula is C16H23N3O. The quantitative estimate of drug-likeness (QED) is 0.856. The van der Waals surface area contributed by atoms with E-state index in [-0.39, 0.29) is 11.5 Å². The van der Waals surface area contributed by atoms with Gasteiger partial charge in [-0.1, -0.05) is 11.2 Å². The van der Waals surface area contributed by atoms with Crippen molar-refractivity contribution >= 4 is 0 Å². The average Bonchev–Trinajstić information content (AvgIpc) is 2.87. The summed E-state index contributed by atoms with van der Waals surface area (Å²) < 4.78 is 5.43. The number of hydrogen-bond acceptors (Lipinski definition) is 4. The smallest absolute Gasteiger partial charge is 0.243 e. The molecule has 0 radical (unpaired) electrons. The highest BCUT2D eigenvalue weighted by molar-refractivity contribution is 5.17. The Labute approximate surface area is 119 Å². The van der Waals surface area contributed by atoms with Crippen LogP contribution in [0.4, 0.5) is 0 Å². The molecule has 4 bridgehead atoms. The zero-order chi connectivity index (χ0) is 13.7. The second-order valence-electron chi connectivity index (χ2n) is 7.28. The molecule has 20 heavy (non-hydrogen) atoms. The lowest BCUT2D eigenvalue weighted by Crippen LogP contribution is -2.49. The van der Waals surface area contributed by atoms with E-state index in [0.717, 1.165) is 23.6 Å². The van der Waals surface area contributed by atoms with Crippen LogP contribution in [0.5, 0.6) is 0 Å². The number of nitrogens with zero attached hydrogens (tertiary/aromatic N) is 2. The van der Waals surface area contributed by atoms with Crippen LogP contribution in [0.1, 0.15) is 62.7 Å². The van der Waals surface area contributed by atoms with Gasteiger partial charge in [0.25, 0.3) is 0 Å². The van der Waals surface area contributed by atoms with Crippen LogP contribution in [-0.2, 0) is 5.41 Å². The predicted octanol–water partition coefficient (Wildman–Crippen LogP) is 3.11. The van der Waals surface area contributed by atoms with Crippen molar-refractivity contribution in [3.63, 3.8) is 0 Å². The average molecular weight is 273 g/mol. The van der Waals surface area contributed by atoms with Crippen molar-refractivity contribution in [3.05, 3.63) is 24.4 Å². The van der Waals surface area contributed by atoms with Gasteiger partial charge in [0.05, 0.1) is 6.04 Å². The Balaban J connectivity index is 1.62. The molecule has 1 aromatic rings. The van der Waals surface area contributed by atoms with Crippen molar-refractivity contribution in [2.24, 2.45) is 23.5 Å². The first-order valence-electron chi connectivity index (χ1n) is 7.89. The topological polar surface area (TPSA) is 64.9 Å². The normalized spacial score (nSPS) is 40.0. The number of hydrogen-bond donors (Lipinski definition) is 1. The largest absolute Gasteiger partial charge is 0.338 e. The molecule has 5 rings (SSSR count). The van der Waals surface area contributed by atoms with Gasteiger partial charge in [-0.3, -0.25) is 0 Å². The Bertz CT molecular complexity index is 486. The van der Waals surface area contributed by atoms with Crippen LogP contribution in [0.3, 0.4) is 0 Å². The molecule has 4 aliphatic rings. The van der Waals surface area contributed by atoms with Gasteiger partial charge in [0.15, 0.2) is 5.82 Å². The van der Waals surface area contributed by atoms with Crippen LogP contribution < -0.4 is 5.73 Å². The van der Waals surface area contributed by atoms with Crippen LogP contribution in [-0.4, -0.2) is 10.1 Å². The summed E-state index contributed by atoms with van der Waals surface area (Å²) in [7, 11) is 0. The van der Waals surface area contributed by atoms with E-state index >= 15 is 0 Å². The third kappa shape index (κ3) is 1.85. The second kappa shape index (κ2) is 4.42. The van der Waals surface area contributed by atoms with Crippen molar-refractivity contribution < 1.29 is 4.52 Å². The Kier molecular flexibility index (Phi) is 2.78. The van der Waals surface area contributed by atoms with Crippen molar-refractivity contribution in [2.75, 3.05) is 0 Å². The Morgan fingerprint density at radius 1 is 1.25 bits per heavy atom. The minimum atomic E-state index is -0.206. The Morgan fingerprint density at radius 2 is 1.85 bits per heavy atom. The van der Waals surface area contributed by atoms with Crippen LogP contribution in [0.2, 0.25) is 0 Å². The molecule has 1 aromatic heterocycles. The first-order chi connectivity index (χ1) is 9.68. The molecule has 0 amide bonds. The summed E-state index contributed by atoms with van der Waals surface area (Å²) in [6.45, 7) is 3.72. The summed E-state index contributed by atoms with van der Waals surface area (Å²) >= 11 is 0. The highest BCUT2D eigenvalue weighted by Crippen LogP contribution is 2.60. The zero-order valence-corrected chi connectivity index (χ0v) is 11.9. The molecule has 4 fully saturated rings. The highest BCUT2D eigenvalue weighted by Gasteiger charge is 2.53.